The van der Waals surface area contributed by atoms with E-state index in [1.165, 1.54) is 11.2 Å². The number of carbonyl (C=O) groups excluding carboxylic acids is 2. The van der Waals surface area contributed by atoms with Crippen LogP contribution in [0, 0.1) is 13.8 Å². The number of furan rings is 2. The molecule has 2 aromatic carbocycles. The Kier molecular flexibility index (Phi) is 6.21. The molecule has 5 rings (SSSR count). The van der Waals surface area contributed by atoms with Gasteiger partial charge < -0.3 is 23.6 Å². The minimum Gasteiger partial charge on any atom is -0.507 e. The third kappa shape index (κ3) is 4.55. The highest BCUT2D eigenvalue weighted by Gasteiger charge is 2.47. The van der Waals surface area contributed by atoms with Crippen molar-refractivity contribution in [1.82, 2.24) is 4.90 Å². The predicted octanol–water partition coefficient (Wildman–Crippen LogP) is 5.69. The van der Waals surface area contributed by atoms with Gasteiger partial charge in [-0.1, -0.05) is 29.8 Å². The van der Waals surface area contributed by atoms with E-state index >= 15 is 0 Å². The van der Waals surface area contributed by atoms with Crippen molar-refractivity contribution in [2.75, 3.05) is 0 Å². The van der Waals surface area contributed by atoms with Crippen LogP contribution in [0.25, 0.3) is 5.76 Å². The first kappa shape index (κ1) is 23.2. The SMILES string of the molecule is Cc1cccc(COc2ccc(C(O)=C3C(=O)C(=O)N(Cc4ccco4)C3c3ccc(C)o3)cc2)c1. The molecule has 1 aliphatic rings. The number of ether oxygens (including phenoxy) is 1. The monoisotopic (exact) mass is 483 g/mol. The van der Waals surface area contributed by atoms with Gasteiger partial charge in [0.15, 0.2) is 0 Å². The number of hydrogen-bond acceptors (Lipinski definition) is 6. The van der Waals surface area contributed by atoms with Crippen molar-refractivity contribution in [1.29, 1.82) is 0 Å². The topological polar surface area (TPSA) is 93.1 Å². The Balaban J connectivity index is 1.45. The predicted molar refractivity (Wildman–Crippen MR) is 132 cm³/mol. The Hall–Kier alpha value is -4.52. The number of aryl methyl sites for hydroxylation is 2. The number of rotatable bonds is 7. The first-order valence-electron chi connectivity index (χ1n) is 11.6. The van der Waals surface area contributed by atoms with Gasteiger partial charge in [0.2, 0.25) is 0 Å². The number of benzene rings is 2. The first-order chi connectivity index (χ1) is 17.4. The summed E-state index contributed by atoms with van der Waals surface area (Å²) in [5.74, 6) is 0.356. The summed E-state index contributed by atoms with van der Waals surface area (Å²) < 4.78 is 17.0. The van der Waals surface area contributed by atoms with Gasteiger partial charge in [-0.3, -0.25) is 9.59 Å². The van der Waals surface area contributed by atoms with Crippen molar-refractivity contribution < 1.29 is 28.3 Å². The Morgan fingerprint density at radius 2 is 1.81 bits per heavy atom. The van der Waals surface area contributed by atoms with Crippen LogP contribution in [0.3, 0.4) is 0 Å². The van der Waals surface area contributed by atoms with Crippen LogP contribution in [0.5, 0.6) is 5.75 Å². The van der Waals surface area contributed by atoms with Crippen molar-refractivity contribution in [2.24, 2.45) is 0 Å². The molecule has 0 aliphatic carbocycles. The fourth-order valence-electron chi connectivity index (χ4n) is 4.34. The number of amides is 1. The second-order valence-electron chi connectivity index (χ2n) is 8.76. The van der Waals surface area contributed by atoms with Crippen molar-refractivity contribution in [3.63, 3.8) is 0 Å². The normalized spacial score (nSPS) is 17.1. The molecule has 1 fully saturated rings. The second-order valence-corrected chi connectivity index (χ2v) is 8.76. The third-order valence-electron chi connectivity index (χ3n) is 6.09. The third-order valence-corrected chi connectivity index (χ3v) is 6.09. The van der Waals surface area contributed by atoms with Gasteiger partial charge in [-0.25, -0.2) is 0 Å². The fourth-order valence-corrected chi connectivity index (χ4v) is 4.34. The van der Waals surface area contributed by atoms with Gasteiger partial charge in [-0.2, -0.15) is 0 Å². The Morgan fingerprint density at radius 1 is 1.00 bits per heavy atom. The number of likely N-dealkylation sites (tertiary alicyclic amines) is 1. The van der Waals surface area contributed by atoms with E-state index < -0.39 is 17.7 Å². The van der Waals surface area contributed by atoms with Crippen molar-refractivity contribution in [2.45, 2.75) is 33.0 Å². The molecule has 1 unspecified atom stereocenters. The van der Waals surface area contributed by atoms with E-state index in [-0.39, 0.29) is 17.9 Å². The molecule has 2 aromatic heterocycles. The number of aliphatic hydroxyl groups is 1. The Morgan fingerprint density at radius 3 is 2.47 bits per heavy atom. The van der Waals surface area contributed by atoms with Crippen LogP contribution in [0.15, 0.2) is 93.5 Å². The van der Waals surface area contributed by atoms with Crippen LogP contribution in [0.1, 0.15) is 40.0 Å². The number of Topliss-reactive ketones (excluding diaryl/α,β-unsaturated/α-hetero) is 1. The number of aliphatic hydroxyl groups excluding tert-OH is 1. The zero-order chi connectivity index (χ0) is 25.2. The number of hydrogen-bond donors (Lipinski definition) is 1. The quantitative estimate of drug-likeness (QED) is 0.206. The van der Waals surface area contributed by atoms with E-state index in [0.29, 0.717) is 35.2 Å². The number of carbonyl (C=O) groups is 2. The van der Waals surface area contributed by atoms with Crippen LogP contribution in [-0.4, -0.2) is 21.7 Å². The van der Waals surface area contributed by atoms with E-state index in [9.17, 15) is 14.7 Å². The second kappa shape index (κ2) is 9.62. The fraction of sp³-hybridized carbons (Fsp3) is 0.172. The van der Waals surface area contributed by atoms with Gasteiger partial charge in [0.1, 0.15) is 41.4 Å². The van der Waals surface area contributed by atoms with E-state index in [0.717, 1.165) is 11.1 Å². The zero-order valence-electron chi connectivity index (χ0n) is 19.9. The van der Waals surface area contributed by atoms with Gasteiger partial charge >= 0.3 is 0 Å². The van der Waals surface area contributed by atoms with Crippen LogP contribution in [0.4, 0.5) is 0 Å². The zero-order valence-corrected chi connectivity index (χ0v) is 19.9. The maximum absolute atomic E-state index is 13.1. The lowest BCUT2D eigenvalue weighted by molar-refractivity contribution is -0.140. The van der Waals surface area contributed by atoms with Crippen molar-refractivity contribution >= 4 is 17.4 Å². The van der Waals surface area contributed by atoms with E-state index in [1.54, 1.807) is 55.5 Å². The molecule has 7 nitrogen and oxygen atoms in total. The summed E-state index contributed by atoms with van der Waals surface area (Å²) in [7, 11) is 0. The van der Waals surface area contributed by atoms with E-state index in [4.69, 9.17) is 13.6 Å². The maximum Gasteiger partial charge on any atom is 0.296 e. The molecular formula is C29H25NO6. The average Bonchev–Trinajstić information content (AvgIpc) is 3.60. The molecule has 1 saturated heterocycles. The van der Waals surface area contributed by atoms with Gasteiger partial charge in [0.25, 0.3) is 11.7 Å². The molecule has 0 bridgehead atoms. The molecule has 7 heteroatoms. The highest BCUT2D eigenvalue weighted by atomic mass is 16.5. The summed E-state index contributed by atoms with van der Waals surface area (Å²) in [5.41, 5.74) is 2.56. The Labute approximate surface area is 208 Å². The standard InChI is InChI=1S/C29H25NO6/c1-18-5-3-6-20(15-18)17-35-22-11-9-21(10-12-22)27(31)25-26(24-13-8-19(2)36-24)30(29(33)28(25)32)16-23-7-4-14-34-23/h3-15,26,31H,16-17H2,1-2H3. The number of ketones is 1. The molecule has 4 aromatic rings. The lowest BCUT2D eigenvalue weighted by Gasteiger charge is -2.22. The molecule has 182 valence electrons. The molecule has 1 aliphatic heterocycles. The molecular weight excluding hydrogens is 458 g/mol. The molecule has 3 heterocycles. The smallest absolute Gasteiger partial charge is 0.296 e. The molecule has 0 spiro atoms. The molecule has 1 N–H and O–H groups in total. The highest BCUT2D eigenvalue weighted by Crippen LogP contribution is 2.41. The van der Waals surface area contributed by atoms with Crippen LogP contribution < -0.4 is 4.74 Å². The summed E-state index contributed by atoms with van der Waals surface area (Å²) in [4.78, 5) is 27.4. The number of nitrogens with zero attached hydrogens (tertiary/aromatic N) is 1. The molecule has 36 heavy (non-hydrogen) atoms. The van der Waals surface area contributed by atoms with Gasteiger partial charge in [0.05, 0.1) is 18.4 Å². The van der Waals surface area contributed by atoms with Crippen molar-refractivity contribution in [3.05, 3.63) is 119 Å². The molecule has 0 saturated carbocycles. The average molecular weight is 484 g/mol. The lowest BCUT2D eigenvalue weighted by Crippen LogP contribution is -2.28. The summed E-state index contributed by atoms with van der Waals surface area (Å²) in [6.07, 6.45) is 1.50. The molecule has 1 amide bonds. The van der Waals surface area contributed by atoms with Crippen LogP contribution in [-0.2, 0) is 22.7 Å². The minimum atomic E-state index is -0.888. The Bertz CT molecular complexity index is 1430. The highest BCUT2D eigenvalue weighted by molar-refractivity contribution is 6.46. The van der Waals surface area contributed by atoms with Gasteiger partial charge in [-0.15, -0.1) is 0 Å². The minimum absolute atomic E-state index is 0.0330. The van der Waals surface area contributed by atoms with E-state index in [1.807, 2.05) is 25.1 Å². The van der Waals surface area contributed by atoms with Gasteiger partial charge in [-0.05, 0) is 67.9 Å². The summed E-state index contributed by atoms with van der Waals surface area (Å²) in [5, 5.41) is 11.2. The van der Waals surface area contributed by atoms with Crippen LogP contribution >= 0.6 is 0 Å². The van der Waals surface area contributed by atoms with Crippen molar-refractivity contribution in [3.8, 4) is 5.75 Å². The summed E-state index contributed by atoms with van der Waals surface area (Å²) in [6.45, 7) is 4.27. The summed E-state index contributed by atoms with van der Waals surface area (Å²) >= 11 is 0. The molecule has 0 radical (unpaired) electrons. The molecule has 1 atom stereocenters. The lowest BCUT2D eigenvalue weighted by atomic mass is 9.99. The van der Waals surface area contributed by atoms with Crippen LogP contribution in [0.2, 0.25) is 0 Å². The largest absolute Gasteiger partial charge is 0.507 e. The maximum atomic E-state index is 13.1. The van der Waals surface area contributed by atoms with E-state index in [2.05, 4.69) is 6.07 Å². The first-order valence-corrected chi connectivity index (χ1v) is 11.6. The van der Waals surface area contributed by atoms with Gasteiger partial charge in [0, 0.05) is 5.56 Å². The summed E-state index contributed by atoms with van der Waals surface area (Å²) in [6, 6.07) is 20.8.